The van der Waals surface area contributed by atoms with Gasteiger partial charge in [0.15, 0.2) is 5.96 Å². The third-order valence-corrected chi connectivity index (χ3v) is 5.30. The van der Waals surface area contributed by atoms with Gasteiger partial charge < -0.3 is 15.5 Å². The molecule has 0 radical (unpaired) electrons. The van der Waals surface area contributed by atoms with Crippen molar-refractivity contribution in [2.24, 2.45) is 4.99 Å². The number of hydrogen-bond acceptors (Lipinski definition) is 3. The van der Waals surface area contributed by atoms with E-state index in [9.17, 15) is 0 Å². The number of aryl methyl sites for hydroxylation is 1. The highest BCUT2D eigenvalue weighted by atomic mass is 15.3. The molecule has 0 aliphatic carbocycles. The quantitative estimate of drug-likeness (QED) is 0.598. The first-order valence-corrected chi connectivity index (χ1v) is 10.2. The van der Waals surface area contributed by atoms with Crippen molar-refractivity contribution < 1.29 is 0 Å². The maximum absolute atomic E-state index is 4.82. The SMILES string of the molecule is Cc1ccc(CN=C(NCC(C)N2CCN(C)CC2)Nc2ccccc2)cc1. The second-order valence-electron chi connectivity index (χ2n) is 7.71. The first kappa shape index (κ1) is 20.4. The molecular weight excluding hydrogens is 346 g/mol. The summed E-state index contributed by atoms with van der Waals surface area (Å²) >= 11 is 0. The molecule has 2 N–H and O–H groups in total. The predicted molar refractivity (Wildman–Crippen MR) is 119 cm³/mol. The molecule has 2 aromatic rings. The fraction of sp³-hybridized carbons (Fsp3) is 0.435. The molecule has 0 amide bonds. The summed E-state index contributed by atoms with van der Waals surface area (Å²) in [6.45, 7) is 10.5. The Morgan fingerprint density at radius 2 is 1.68 bits per heavy atom. The Morgan fingerprint density at radius 1 is 1.00 bits per heavy atom. The van der Waals surface area contributed by atoms with E-state index in [0.717, 1.165) is 44.4 Å². The van der Waals surface area contributed by atoms with Crippen molar-refractivity contribution in [1.82, 2.24) is 15.1 Å². The van der Waals surface area contributed by atoms with Gasteiger partial charge in [0.1, 0.15) is 0 Å². The van der Waals surface area contributed by atoms with E-state index in [1.807, 2.05) is 18.2 Å². The van der Waals surface area contributed by atoms with Gasteiger partial charge in [-0.3, -0.25) is 4.90 Å². The lowest BCUT2D eigenvalue weighted by Crippen LogP contribution is -2.51. The van der Waals surface area contributed by atoms with Crippen LogP contribution in [0.2, 0.25) is 0 Å². The van der Waals surface area contributed by atoms with Crippen LogP contribution < -0.4 is 10.6 Å². The van der Waals surface area contributed by atoms with Crippen LogP contribution in [0.15, 0.2) is 59.6 Å². The second kappa shape index (κ2) is 10.2. The molecule has 1 fully saturated rings. The van der Waals surface area contributed by atoms with Crippen LogP contribution >= 0.6 is 0 Å². The van der Waals surface area contributed by atoms with Gasteiger partial charge in [0, 0.05) is 44.5 Å². The molecule has 0 bridgehead atoms. The van der Waals surface area contributed by atoms with Crippen LogP contribution in [0.4, 0.5) is 5.69 Å². The molecule has 2 aromatic carbocycles. The number of piperazine rings is 1. The summed E-state index contributed by atoms with van der Waals surface area (Å²) in [5.74, 6) is 0.827. The Bertz CT molecular complexity index is 733. The van der Waals surface area contributed by atoms with Crippen molar-refractivity contribution in [2.45, 2.75) is 26.4 Å². The Morgan fingerprint density at radius 3 is 2.36 bits per heavy atom. The van der Waals surface area contributed by atoms with E-state index in [2.05, 4.69) is 77.7 Å². The highest BCUT2D eigenvalue weighted by molar-refractivity contribution is 5.93. The number of benzene rings is 2. The summed E-state index contributed by atoms with van der Waals surface area (Å²) in [7, 11) is 2.19. The fourth-order valence-electron chi connectivity index (χ4n) is 3.30. The first-order valence-electron chi connectivity index (χ1n) is 10.2. The normalized spacial score (nSPS) is 17.3. The van der Waals surface area contributed by atoms with Crippen LogP contribution in [0.1, 0.15) is 18.1 Å². The highest BCUT2D eigenvalue weighted by Gasteiger charge is 2.19. The van der Waals surface area contributed by atoms with E-state index in [4.69, 9.17) is 4.99 Å². The average Bonchev–Trinajstić information content (AvgIpc) is 2.72. The Kier molecular flexibility index (Phi) is 7.46. The van der Waals surface area contributed by atoms with Crippen molar-refractivity contribution in [3.8, 4) is 0 Å². The molecule has 5 heteroatoms. The number of nitrogens with zero attached hydrogens (tertiary/aromatic N) is 3. The lowest BCUT2D eigenvalue weighted by atomic mass is 10.1. The van der Waals surface area contributed by atoms with E-state index >= 15 is 0 Å². The number of anilines is 1. The smallest absolute Gasteiger partial charge is 0.196 e. The molecule has 5 nitrogen and oxygen atoms in total. The Labute approximate surface area is 169 Å². The van der Waals surface area contributed by atoms with E-state index < -0.39 is 0 Å². The third-order valence-electron chi connectivity index (χ3n) is 5.30. The van der Waals surface area contributed by atoms with Crippen LogP contribution in [-0.4, -0.2) is 61.6 Å². The molecule has 3 rings (SSSR count). The van der Waals surface area contributed by atoms with Crippen molar-refractivity contribution in [1.29, 1.82) is 0 Å². The van der Waals surface area contributed by atoms with Crippen molar-refractivity contribution >= 4 is 11.6 Å². The average molecular weight is 380 g/mol. The van der Waals surface area contributed by atoms with Crippen LogP contribution in [-0.2, 0) is 6.54 Å². The molecule has 150 valence electrons. The number of aliphatic imine (C=N–C) groups is 1. The summed E-state index contributed by atoms with van der Waals surface area (Å²) in [6.07, 6.45) is 0. The van der Waals surface area contributed by atoms with E-state index in [-0.39, 0.29) is 0 Å². The molecule has 1 aliphatic heterocycles. The lowest BCUT2D eigenvalue weighted by Gasteiger charge is -2.36. The third kappa shape index (κ3) is 6.36. The van der Waals surface area contributed by atoms with Gasteiger partial charge in [-0.25, -0.2) is 4.99 Å². The molecule has 1 heterocycles. The van der Waals surface area contributed by atoms with Gasteiger partial charge >= 0.3 is 0 Å². The number of nitrogens with one attached hydrogen (secondary N) is 2. The molecule has 1 saturated heterocycles. The van der Waals surface area contributed by atoms with E-state index in [1.165, 1.54) is 11.1 Å². The molecule has 0 spiro atoms. The summed E-state index contributed by atoms with van der Waals surface area (Å²) < 4.78 is 0. The monoisotopic (exact) mass is 379 g/mol. The minimum Gasteiger partial charge on any atom is -0.355 e. The molecule has 1 unspecified atom stereocenters. The lowest BCUT2D eigenvalue weighted by molar-refractivity contribution is 0.120. The van der Waals surface area contributed by atoms with Crippen molar-refractivity contribution in [2.75, 3.05) is 45.1 Å². The predicted octanol–water partition coefficient (Wildman–Crippen LogP) is 3.19. The van der Waals surface area contributed by atoms with Crippen LogP contribution in [0.5, 0.6) is 0 Å². The zero-order valence-corrected chi connectivity index (χ0v) is 17.4. The zero-order valence-electron chi connectivity index (χ0n) is 17.4. The molecule has 0 saturated carbocycles. The van der Waals surface area contributed by atoms with Gasteiger partial charge in [-0.05, 0) is 38.6 Å². The van der Waals surface area contributed by atoms with Crippen molar-refractivity contribution in [3.05, 3.63) is 65.7 Å². The summed E-state index contributed by atoms with van der Waals surface area (Å²) in [4.78, 5) is 9.76. The topological polar surface area (TPSA) is 42.9 Å². The molecule has 1 aliphatic rings. The number of para-hydroxylation sites is 1. The van der Waals surface area contributed by atoms with Gasteiger partial charge in [0.05, 0.1) is 6.54 Å². The minimum absolute atomic E-state index is 0.468. The maximum atomic E-state index is 4.82. The second-order valence-corrected chi connectivity index (χ2v) is 7.71. The highest BCUT2D eigenvalue weighted by Crippen LogP contribution is 2.08. The number of rotatable bonds is 6. The van der Waals surface area contributed by atoms with Gasteiger partial charge in [0.2, 0.25) is 0 Å². The number of hydrogen-bond donors (Lipinski definition) is 2. The molecule has 1 atom stereocenters. The Hall–Kier alpha value is -2.37. The van der Waals surface area contributed by atoms with Crippen LogP contribution in [0.3, 0.4) is 0 Å². The summed E-state index contributed by atoms with van der Waals surface area (Å²) in [5, 5.41) is 6.98. The van der Waals surface area contributed by atoms with Gasteiger partial charge in [-0.15, -0.1) is 0 Å². The van der Waals surface area contributed by atoms with Gasteiger partial charge in [0.25, 0.3) is 0 Å². The van der Waals surface area contributed by atoms with Gasteiger partial charge in [-0.2, -0.15) is 0 Å². The zero-order chi connectivity index (χ0) is 19.8. The Balaban J connectivity index is 1.61. The molecular formula is C23H33N5. The number of guanidine groups is 1. The number of likely N-dealkylation sites (N-methyl/N-ethyl adjacent to an activating group) is 1. The van der Waals surface area contributed by atoms with Crippen LogP contribution in [0.25, 0.3) is 0 Å². The van der Waals surface area contributed by atoms with Crippen molar-refractivity contribution in [3.63, 3.8) is 0 Å². The minimum atomic E-state index is 0.468. The largest absolute Gasteiger partial charge is 0.355 e. The standard InChI is InChI=1S/C23H33N5/c1-19-9-11-21(12-10-19)18-25-23(26-22-7-5-4-6-8-22)24-17-20(2)28-15-13-27(3)14-16-28/h4-12,20H,13-18H2,1-3H3,(H2,24,25,26). The summed E-state index contributed by atoms with van der Waals surface area (Å²) in [6, 6.07) is 19.3. The maximum Gasteiger partial charge on any atom is 0.196 e. The summed E-state index contributed by atoms with van der Waals surface area (Å²) in [5.41, 5.74) is 3.53. The van der Waals surface area contributed by atoms with E-state index in [0.29, 0.717) is 12.6 Å². The van der Waals surface area contributed by atoms with Gasteiger partial charge in [-0.1, -0.05) is 48.0 Å². The van der Waals surface area contributed by atoms with Crippen LogP contribution in [0, 0.1) is 6.92 Å². The first-order chi connectivity index (χ1) is 13.6. The molecule has 28 heavy (non-hydrogen) atoms. The van der Waals surface area contributed by atoms with E-state index in [1.54, 1.807) is 0 Å². The fourth-order valence-corrected chi connectivity index (χ4v) is 3.30. The molecule has 0 aromatic heterocycles.